The van der Waals surface area contributed by atoms with Crippen molar-refractivity contribution in [2.24, 2.45) is 0 Å². The van der Waals surface area contributed by atoms with E-state index < -0.39 is 21.7 Å². The van der Waals surface area contributed by atoms with Crippen molar-refractivity contribution in [3.8, 4) is 0 Å². The highest BCUT2D eigenvalue weighted by Crippen LogP contribution is 2.23. The van der Waals surface area contributed by atoms with Crippen molar-refractivity contribution in [2.45, 2.75) is 18.0 Å². The largest absolute Gasteiger partial charge is 0.467 e. The maximum Gasteiger partial charge on any atom is 0.257 e. The van der Waals surface area contributed by atoms with Crippen LogP contribution in [-0.2, 0) is 27.8 Å². The average Bonchev–Trinajstić information content (AvgIpc) is 3.48. The molecule has 3 aromatic rings. The summed E-state index contributed by atoms with van der Waals surface area (Å²) in [6.45, 7) is 1.40. The summed E-state index contributed by atoms with van der Waals surface area (Å²) in [5, 5.41) is 1.89. The van der Waals surface area contributed by atoms with Crippen LogP contribution < -0.4 is 0 Å². The zero-order valence-corrected chi connectivity index (χ0v) is 18.2. The predicted molar refractivity (Wildman–Crippen MR) is 113 cm³/mol. The number of thiophene rings is 1. The van der Waals surface area contributed by atoms with E-state index in [1.54, 1.807) is 12.1 Å². The highest BCUT2D eigenvalue weighted by atomic mass is 32.2. The van der Waals surface area contributed by atoms with E-state index >= 15 is 0 Å². The third kappa shape index (κ3) is 4.87. The van der Waals surface area contributed by atoms with Gasteiger partial charge in [-0.3, -0.25) is 4.79 Å². The molecule has 3 heterocycles. The minimum Gasteiger partial charge on any atom is -0.467 e. The normalized spacial score (nSPS) is 15.1. The van der Waals surface area contributed by atoms with Gasteiger partial charge >= 0.3 is 0 Å². The second-order valence-corrected chi connectivity index (χ2v) is 9.95. The second kappa shape index (κ2) is 9.31. The molecular formula is C21H21FN2O5S2. The molecule has 0 unspecified atom stereocenters. The fraction of sp³-hybridized carbons (Fsp3) is 0.286. The average molecular weight is 465 g/mol. The van der Waals surface area contributed by atoms with Crippen LogP contribution in [0.4, 0.5) is 4.39 Å². The Balaban J connectivity index is 1.65. The van der Waals surface area contributed by atoms with E-state index in [4.69, 9.17) is 9.15 Å². The molecule has 1 aliphatic heterocycles. The van der Waals surface area contributed by atoms with Crippen LogP contribution in [0, 0.1) is 5.82 Å². The van der Waals surface area contributed by atoms with Gasteiger partial charge in [0.25, 0.3) is 5.91 Å². The summed E-state index contributed by atoms with van der Waals surface area (Å²) in [6.07, 6.45) is 1.50. The first-order valence-corrected chi connectivity index (χ1v) is 12.0. The number of sulfonamides is 1. The molecule has 1 amide bonds. The van der Waals surface area contributed by atoms with Gasteiger partial charge in [-0.25, -0.2) is 12.8 Å². The van der Waals surface area contributed by atoms with Gasteiger partial charge in [-0.05, 0) is 41.8 Å². The Morgan fingerprint density at radius 3 is 2.61 bits per heavy atom. The molecule has 7 nitrogen and oxygen atoms in total. The number of rotatable bonds is 7. The maximum atomic E-state index is 14.7. The van der Waals surface area contributed by atoms with Gasteiger partial charge in [0.2, 0.25) is 10.0 Å². The molecule has 1 aliphatic rings. The number of ether oxygens (including phenoxy) is 1. The number of morpholine rings is 1. The molecule has 2 aromatic heterocycles. The van der Waals surface area contributed by atoms with Gasteiger partial charge in [0.1, 0.15) is 11.6 Å². The molecule has 0 spiro atoms. The Bertz CT molecular complexity index is 1090. The van der Waals surface area contributed by atoms with Crippen molar-refractivity contribution < 1.29 is 26.8 Å². The third-order valence-electron chi connectivity index (χ3n) is 4.92. The lowest BCUT2D eigenvalue weighted by molar-refractivity contribution is 0.0713. The fourth-order valence-corrected chi connectivity index (χ4v) is 5.47. The smallest absolute Gasteiger partial charge is 0.257 e. The topological polar surface area (TPSA) is 80.1 Å². The number of hydrogen-bond donors (Lipinski definition) is 0. The van der Waals surface area contributed by atoms with Crippen LogP contribution in [0.2, 0.25) is 0 Å². The summed E-state index contributed by atoms with van der Waals surface area (Å²) < 4.78 is 52.5. The van der Waals surface area contributed by atoms with Gasteiger partial charge in [-0.15, -0.1) is 11.3 Å². The highest BCUT2D eigenvalue weighted by Gasteiger charge is 2.29. The minimum atomic E-state index is -3.86. The summed E-state index contributed by atoms with van der Waals surface area (Å²) in [5.74, 6) is -0.842. The van der Waals surface area contributed by atoms with Crippen LogP contribution in [0.5, 0.6) is 0 Å². The number of benzene rings is 1. The van der Waals surface area contributed by atoms with Crippen molar-refractivity contribution in [1.82, 2.24) is 9.21 Å². The fourth-order valence-electron chi connectivity index (χ4n) is 3.32. The van der Waals surface area contributed by atoms with E-state index in [0.29, 0.717) is 19.0 Å². The summed E-state index contributed by atoms with van der Waals surface area (Å²) in [4.78, 5) is 15.5. The predicted octanol–water partition coefficient (Wildman–Crippen LogP) is 3.34. The number of hydrogen-bond acceptors (Lipinski definition) is 6. The van der Waals surface area contributed by atoms with Gasteiger partial charge < -0.3 is 14.1 Å². The van der Waals surface area contributed by atoms with Crippen molar-refractivity contribution in [3.05, 3.63) is 76.1 Å². The summed E-state index contributed by atoms with van der Waals surface area (Å²) in [5.41, 5.74) is -0.294. The van der Waals surface area contributed by atoms with Crippen molar-refractivity contribution in [2.75, 3.05) is 26.3 Å². The molecule has 0 radical (unpaired) electrons. The molecule has 0 saturated carbocycles. The number of furan rings is 1. The van der Waals surface area contributed by atoms with E-state index in [1.165, 1.54) is 32.9 Å². The lowest BCUT2D eigenvalue weighted by Gasteiger charge is -2.26. The van der Waals surface area contributed by atoms with Crippen LogP contribution in [-0.4, -0.2) is 49.8 Å². The molecule has 0 atom stereocenters. The SMILES string of the molecule is O=C(c1cc(S(=O)(=O)N2CCOCC2)ccc1F)N(Cc1ccco1)Cc1cccs1. The number of amides is 1. The second-order valence-electron chi connectivity index (χ2n) is 6.98. The van der Waals surface area contributed by atoms with Crippen LogP contribution >= 0.6 is 11.3 Å². The third-order valence-corrected chi connectivity index (χ3v) is 7.67. The molecular weight excluding hydrogens is 443 g/mol. The Labute approximate surface area is 183 Å². The first-order chi connectivity index (χ1) is 14.9. The quantitative estimate of drug-likeness (QED) is 0.536. The van der Waals surface area contributed by atoms with Gasteiger partial charge in [0, 0.05) is 18.0 Å². The van der Waals surface area contributed by atoms with E-state index in [2.05, 4.69) is 0 Å². The molecule has 4 rings (SSSR count). The molecule has 1 saturated heterocycles. The standard InChI is InChI=1S/C21H21FN2O5S2/c22-20-6-5-18(31(26,27)24-7-10-28-11-8-24)13-19(20)21(25)23(14-16-3-1-9-29-16)15-17-4-2-12-30-17/h1-6,9,12-13H,7-8,10-11,14-15H2. The molecule has 31 heavy (non-hydrogen) atoms. The summed E-state index contributed by atoms with van der Waals surface area (Å²) >= 11 is 1.47. The Kier molecular flexibility index (Phi) is 6.51. The minimum absolute atomic E-state index is 0.117. The van der Waals surface area contributed by atoms with Crippen LogP contribution in [0.15, 0.2) is 63.4 Å². The van der Waals surface area contributed by atoms with E-state index in [0.717, 1.165) is 17.0 Å². The first kappa shape index (κ1) is 21.7. The molecule has 10 heteroatoms. The monoisotopic (exact) mass is 464 g/mol. The zero-order chi connectivity index (χ0) is 21.8. The molecule has 0 N–H and O–H groups in total. The van der Waals surface area contributed by atoms with E-state index in [9.17, 15) is 17.6 Å². The van der Waals surface area contributed by atoms with Crippen LogP contribution in [0.3, 0.4) is 0 Å². The lowest BCUT2D eigenvalue weighted by Crippen LogP contribution is -2.40. The molecule has 0 bridgehead atoms. The van der Waals surface area contributed by atoms with Gasteiger partial charge in [-0.2, -0.15) is 4.31 Å². The molecule has 0 aliphatic carbocycles. The first-order valence-electron chi connectivity index (χ1n) is 9.66. The number of halogens is 1. The van der Waals surface area contributed by atoms with Crippen molar-refractivity contribution in [1.29, 1.82) is 0 Å². The van der Waals surface area contributed by atoms with Gasteiger partial charge in [0.15, 0.2) is 0 Å². The van der Waals surface area contributed by atoms with Crippen LogP contribution in [0.25, 0.3) is 0 Å². The zero-order valence-electron chi connectivity index (χ0n) is 16.6. The molecule has 164 valence electrons. The van der Waals surface area contributed by atoms with Gasteiger partial charge in [-0.1, -0.05) is 6.07 Å². The van der Waals surface area contributed by atoms with Crippen LogP contribution in [0.1, 0.15) is 21.0 Å². The molecule has 1 fully saturated rings. The number of carbonyl (C=O) groups excluding carboxylic acids is 1. The summed E-state index contributed by atoms with van der Waals surface area (Å²) in [6, 6.07) is 10.5. The van der Waals surface area contributed by atoms with E-state index in [-0.39, 0.29) is 36.6 Å². The van der Waals surface area contributed by atoms with Crippen molar-refractivity contribution >= 4 is 27.3 Å². The Hall–Kier alpha value is -2.53. The van der Waals surface area contributed by atoms with Gasteiger partial charge in [0.05, 0.1) is 43.0 Å². The maximum absolute atomic E-state index is 14.7. The number of nitrogens with zero attached hydrogens (tertiary/aromatic N) is 2. The number of carbonyl (C=O) groups is 1. The highest BCUT2D eigenvalue weighted by molar-refractivity contribution is 7.89. The lowest BCUT2D eigenvalue weighted by atomic mass is 10.1. The van der Waals surface area contributed by atoms with E-state index in [1.807, 2.05) is 17.5 Å². The van der Waals surface area contributed by atoms with Crippen molar-refractivity contribution in [3.63, 3.8) is 0 Å². The summed E-state index contributed by atoms with van der Waals surface area (Å²) in [7, 11) is -3.86. The Morgan fingerprint density at radius 2 is 1.94 bits per heavy atom. The molecule has 1 aromatic carbocycles. The Morgan fingerprint density at radius 1 is 1.13 bits per heavy atom.